The number of anilines is 1. The van der Waals surface area contributed by atoms with Crippen molar-refractivity contribution in [3.8, 4) is 17.0 Å². The van der Waals surface area contributed by atoms with Crippen molar-refractivity contribution < 1.29 is 31.5 Å². The first-order chi connectivity index (χ1) is 19.0. The molecule has 210 valence electrons. The number of ether oxygens (including phenoxy) is 1. The summed E-state index contributed by atoms with van der Waals surface area (Å²) in [6, 6.07) is 11.4. The van der Waals surface area contributed by atoms with Crippen LogP contribution in [0.3, 0.4) is 0 Å². The number of aromatic nitrogens is 3. The number of rotatable bonds is 10. The van der Waals surface area contributed by atoms with Crippen molar-refractivity contribution in [2.24, 2.45) is 5.92 Å². The second-order valence-corrected chi connectivity index (χ2v) is 10.0. The Morgan fingerprint density at radius 3 is 2.42 bits per heavy atom. The number of nitrogens with zero attached hydrogens (tertiary/aromatic N) is 3. The lowest BCUT2D eigenvalue weighted by Crippen LogP contribution is -2.20. The van der Waals surface area contributed by atoms with E-state index in [0.29, 0.717) is 34.9 Å². The number of halogens is 5. The summed E-state index contributed by atoms with van der Waals surface area (Å²) in [6.07, 6.45) is -1.56. The van der Waals surface area contributed by atoms with E-state index in [0.717, 1.165) is 24.5 Å². The topological polar surface area (TPSA) is 68.5 Å². The summed E-state index contributed by atoms with van der Waals surface area (Å²) in [5.41, 5.74) is 1.29. The average Bonchev–Trinajstić information content (AvgIpc) is 3.62. The van der Waals surface area contributed by atoms with E-state index < -0.39 is 30.8 Å². The van der Waals surface area contributed by atoms with Gasteiger partial charge in [-0.15, -0.1) is 0 Å². The molecule has 1 saturated carbocycles. The summed E-state index contributed by atoms with van der Waals surface area (Å²) in [7, 11) is 1.42. The van der Waals surface area contributed by atoms with Gasteiger partial charge in [0.25, 0.3) is 0 Å². The van der Waals surface area contributed by atoms with Crippen molar-refractivity contribution in [3.05, 3.63) is 77.1 Å². The highest BCUT2D eigenvalue weighted by Crippen LogP contribution is 2.38. The first kappa shape index (κ1) is 27.5. The van der Waals surface area contributed by atoms with Crippen LogP contribution in [0.5, 0.6) is 5.75 Å². The van der Waals surface area contributed by atoms with Crippen LogP contribution in [0.25, 0.3) is 16.9 Å². The maximum absolute atomic E-state index is 15.7. The van der Waals surface area contributed by atoms with Gasteiger partial charge in [-0.3, -0.25) is 4.79 Å². The first-order valence-electron chi connectivity index (χ1n) is 12.8. The molecule has 0 saturated heterocycles. The molecule has 1 fully saturated rings. The Hall–Kier alpha value is -4.02. The lowest BCUT2D eigenvalue weighted by molar-refractivity contribution is -0.131. The number of fused-ring (bicyclic) bond motifs is 1. The Labute approximate surface area is 227 Å². The Morgan fingerprint density at radius 1 is 1.07 bits per heavy atom. The zero-order valence-corrected chi connectivity index (χ0v) is 21.9. The van der Waals surface area contributed by atoms with E-state index in [9.17, 15) is 18.0 Å². The summed E-state index contributed by atoms with van der Waals surface area (Å²) in [6.45, 7) is 1.27. The van der Waals surface area contributed by atoms with Gasteiger partial charge in [-0.25, -0.2) is 9.50 Å². The van der Waals surface area contributed by atoms with Gasteiger partial charge in [0.15, 0.2) is 11.4 Å². The summed E-state index contributed by atoms with van der Waals surface area (Å²) >= 11 is 0. The summed E-state index contributed by atoms with van der Waals surface area (Å²) in [4.78, 5) is 17.0. The highest BCUT2D eigenvalue weighted by Gasteiger charge is 2.37. The number of ketones is 1. The highest BCUT2D eigenvalue weighted by atomic mass is 19.4. The number of aryl methyl sites for hydroxylation is 1. The minimum atomic E-state index is -4.43. The highest BCUT2D eigenvalue weighted by molar-refractivity contribution is 5.98. The van der Waals surface area contributed by atoms with Crippen LogP contribution in [-0.4, -0.2) is 40.2 Å². The van der Waals surface area contributed by atoms with Crippen molar-refractivity contribution in [1.82, 2.24) is 14.6 Å². The third kappa shape index (κ3) is 5.78. The van der Waals surface area contributed by atoms with Gasteiger partial charge in [0.2, 0.25) is 0 Å². The number of benzene rings is 2. The molecule has 0 atom stereocenters. The monoisotopic (exact) mass is 558 g/mol. The average molecular weight is 559 g/mol. The zero-order chi connectivity index (χ0) is 28.7. The normalized spacial score (nSPS) is 14.0. The molecule has 1 N–H and O–H groups in total. The maximum atomic E-state index is 15.7. The van der Waals surface area contributed by atoms with Crippen molar-refractivity contribution in [3.63, 3.8) is 0 Å². The van der Waals surface area contributed by atoms with E-state index in [1.54, 1.807) is 25.1 Å². The molecule has 1 aliphatic carbocycles. The standard InChI is InChI=1S/C29H27F5N4O2/c1-17-13-19(5-10-22(17)25(39)14-18-3-4-18)24-16-36-27-23(35-12-11-28(30,31)32)15-26(37-38(24)27)29(33,34)20-6-8-21(40-2)9-7-20/h5-10,13,15-16,18,35H,3-4,11-12,14H2,1-2H3. The van der Waals surface area contributed by atoms with Crippen LogP contribution in [0, 0.1) is 12.8 Å². The predicted octanol–water partition coefficient (Wildman–Crippen LogP) is 7.20. The molecule has 40 heavy (non-hydrogen) atoms. The molecule has 5 rings (SSSR count). The minimum Gasteiger partial charge on any atom is -0.497 e. The Balaban J connectivity index is 1.57. The number of methoxy groups -OCH3 is 1. The fourth-order valence-corrected chi connectivity index (χ4v) is 4.57. The quantitative estimate of drug-likeness (QED) is 0.165. The number of carbonyl (C=O) groups excluding carboxylic acids is 1. The van der Waals surface area contributed by atoms with Gasteiger partial charge in [-0.05, 0) is 67.6 Å². The van der Waals surface area contributed by atoms with E-state index in [1.165, 1.54) is 42.1 Å². The van der Waals surface area contributed by atoms with Crippen LogP contribution < -0.4 is 10.1 Å². The molecule has 0 aliphatic heterocycles. The molecule has 2 aromatic heterocycles. The van der Waals surface area contributed by atoms with E-state index >= 15 is 8.78 Å². The van der Waals surface area contributed by atoms with E-state index in [2.05, 4.69) is 15.4 Å². The van der Waals surface area contributed by atoms with Gasteiger partial charge < -0.3 is 10.1 Å². The zero-order valence-electron chi connectivity index (χ0n) is 21.9. The van der Waals surface area contributed by atoms with Crippen molar-refractivity contribution in [1.29, 1.82) is 0 Å². The minimum absolute atomic E-state index is 0.0124. The van der Waals surface area contributed by atoms with Crippen molar-refractivity contribution in [2.45, 2.75) is 44.7 Å². The van der Waals surface area contributed by atoms with Crippen molar-refractivity contribution in [2.75, 3.05) is 19.0 Å². The van der Waals surface area contributed by atoms with Gasteiger partial charge in [-0.2, -0.15) is 27.1 Å². The molecule has 4 aromatic rings. The molecule has 6 nitrogen and oxygen atoms in total. The van der Waals surface area contributed by atoms with Gasteiger partial charge in [-0.1, -0.05) is 12.1 Å². The fraction of sp³-hybridized carbons (Fsp3) is 0.345. The first-order valence-corrected chi connectivity index (χ1v) is 12.8. The van der Waals surface area contributed by atoms with Gasteiger partial charge in [0, 0.05) is 29.7 Å². The molecule has 0 spiro atoms. The molecular formula is C29H27F5N4O2. The van der Waals surface area contributed by atoms with E-state index in [4.69, 9.17) is 4.74 Å². The number of nitrogens with one attached hydrogen (secondary N) is 1. The predicted molar refractivity (Wildman–Crippen MR) is 140 cm³/mol. The number of hydrogen-bond acceptors (Lipinski definition) is 5. The smallest absolute Gasteiger partial charge is 0.390 e. The molecule has 11 heteroatoms. The van der Waals surface area contributed by atoms with Crippen LogP contribution >= 0.6 is 0 Å². The molecule has 2 aromatic carbocycles. The number of alkyl halides is 5. The van der Waals surface area contributed by atoms with E-state index in [1.807, 2.05) is 0 Å². The largest absolute Gasteiger partial charge is 0.497 e. The molecule has 0 amide bonds. The van der Waals surface area contributed by atoms with Crippen LogP contribution in [0.4, 0.5) is 27.6 Å². The Bertz CT molecular complexity index is 1540. The van der Waals surface area contributed by atoms with Gasteiger partial charge >= 0.3 is 12.1 Å². The SMILES string of the molecule is COc1ccc(C(F)(F)c2cc(NCCC(F)(F)F)c3ncc(-c4ccc(C(=O)CC5CC5)c(C)c4)n3n2)cc1. The third-order valence-electron chi connectivity index (χ3n) is 6.96. The lowest BCUT2D eigenvalue weighted by atomic mass is 9.98. The molecule has 2 heterocycles. The number of imidazole rings is 1. The van der Waals surface area contributed by atoms with Gasteiger partial charge in [0.1, 0.15) is 11.4 Å². The summed E-state index contributed by atoms with van der Waals surface area (Å²) in [5, 5.41) is 6.81. The van der Waals surface area contributed by atoms with Gasteiger partial charge in [0.05, 0.1) is 31.1 Å². The summed E-state index contributed by atoms with van der Waals surface area (Å²) < 4.78 is 76.1. The molecular weight excluding hydrogens is 531 g/mol. The molecule has 0 unspecified atom stereocenters. The molecule has 0 bridgehead atoms. The second-order valence-electron chi connectivity index (χ2n) is 10.0. The lowest BCUT2D eigenvalue weighted by Gasteiger charge is -2.19. The molecule has 0 radical (unpaired) electrons. The Kier molecular flexibility index (Phi) is 7.24. The third-order valence-corrected chi connectivity index (χ3v) is 6.96. The summed E-state index contributed by atoms with van der Waals surface area (Å²) in [5.74, 6) is -2.70. The second kappa shape index (κ2) is 10.5. The van der Waals surface area contributed by atoms with Crippen LogP contribution in [-0.2, 0) is 5.92 Å². The van der Waals surface area contributed by atoms with Crippen LogP contribution in [0.1, 0.15) is 52.9 Å². The van der Waals surface area contributed by atoms with Crippen molar-refractivity contribution >= 4 is 17.1 Å². The fourth-order valence-electron chi connectivity index (χ4n) is 4.57. The molecule has 1 aliphatic rings. The maximum Gasteiger partial charge on any atom is 0.390 e. The van der Waals surface area contributed by atoms with Crippen LogP contribution in [0.2, 0.25) is 0 Å². The number of hydrogen-bond donors (Lipinski definition) is 1. The Morgan fingerprint density at radius 2 is 1.80 bits per heavy atom. The number of carbonyl (C=O) groups is 1. The number of Topliss-reactive ketones (excluding diaryl/α,β-unsaturated/α-hetero) is 1. The van der Waals surface area contributed by atoms with E-state index in [-0.39, 0.29) is 22.7 Å². The van der Waals surface area contributed by atoms with Crippen LogP contribution in [0.15, 0.2) is 54.7 Å².